The number of alkyl halides is 1. The zero-order valence-electron chi connectivity index (χ0n) is 7.96. The molecule has 70 valence electrons. The van der Waals surface area contributed by atoms with E-state index in [0.717, 1.165) is 5.57 Å². The van der Waals surface area contributed by atoms with Crippen LogP contribution in [0.25, 0.3) is 5.57 Å². The van der Waals surface area contributed by atoms with Gasteiger partial charge >= 0.3 is 0 Å². The normalized spacial score (nSPS) is 8.15. The summed E-state index contributed by atoms with van der Waals surface area (Å²) in [5.41, 5.74) is 2.34. The molecule has 1 rings (SSSR count). The van der Waals surface area contributed by atoms with E-state index in [1.54, 1.807) is 6.08 Å². The van der Waals surface area contributed by atoms with Crippen LogP contribution in [0.15, 0.2) is 49.6 Å². The molecule has 0 N–H and O–H groups in total. The van der Waals surface area contributed by atoms with E-state index in [1.165, 1.54) is 5.56 Å². The summed E-state index contributed by atoms with van der Waals surface area (Å²) in [5, 5.41) is 0. The van der Waals surface area contributed by atoms with Crippen molar-refractivity contribution in [2.75, 3.05) is 5.88 Å². The van der Waals surface area contributed by atoms with E-state index in [1.807, 2.05) is 25.1 Å². The van der Waals surface area contributed by atoms with E-state index in [4.69, 9.17) is 11.6 Å². The van der Waals surface area contributed by atoms with Gasteiger partial charge in [0.25, 0.3) is 0 Å². The standard InChI is InChI=1S/C9H10.C3H5Cl/c1-8(2)9-6-4-3-5-7-9;1-2-3-4/h3-7H,1H2,2H3;2H,1,3H2. The van der Waals surface area contributed by atoms with Crippen molar-refractivity contribution in [2.24, 2.45) is 0 Å². The van der Waals surface area contributed by atoms with Crippen LogP contribution in [0.2, 0.25) is 0 Å². The van der Waals surface area contributed by atoms with E-state index in [0.29, 0.717) is 5.88 Å². The Kier molecular flexibility index (Phi) is 7.04. The third kappa shape index (κ3) is 6.18. The second-order valence-corrected chi connectivity index (χ2v) is 2.90. The molecule has 1 aromatic carbocycles. The monoisotopic (exact) mass is 194 g/mol. The Morgan fingerprint density at radius 3 is 2.08 bits per heavy atom. The lowest BCUT2D eigenvalue weighted by molar-refractivity contribution is 1.58. The third-order valence-corrected chi connectivity index (χ3v) is 1.59. The highest BCUT2D eigenvalue weighted by Crippen LogP contribution is 2.08. The van der Waals surface area contributed by atoms with Gasteiger partial charge in [-0.05, 0) is 12.5 Å². The highest BCUT2D eigenvalue weighted by atomic mass is 35.5. The predicted molar refractivity (Wildman–Crippen MR) is 62.1 cm³/mol. The van der Waals surface area contributed by atoms with Crippen molar-refractivity contribution >= 4 is 17.2 Å². The van der Waals surface area contributed by atoms with Crippen LogP contribution in [0.4, 0.5) is 0 Å². The van der Waals surface area contributed by atoms with Crippen LogP contribution in [0.1, 0.15) is 12.5 Å². The summed E-state index contributed by atoms with van der Waals surface area (Å²) in [6.07, 6.45) is 1.64. The number of halogens is 1. The fourth-order valence-corrected chi connectivity index (χ4v) is 0.723. The van der Waals surface area contributed by atoms with Crippen molar-refractivity contribution in [3.05, 3.63) is 55.1 Å². The van der Waals surface area contributed by atoms with Gasteiger partial charge in [0.1, 0.15) is 0 Å². The Morgan fingerprint density at radius 2 is 1.85 bits per heavy atom. The predicted octanol–water partition coefficient (Wildman–Crippen LogP) is 4.13. The first kappa shape index (κ1) is 12.0. The van der Waals surface area contributed by atoms with Crippen LogP contribution in [0.5, 0.6) is 0 Å². The molecule has 0 heterocycles. The largest absolute Gasteiger partial charge is 0.122 e. The molecule has 0 aliphatic carbocycles. The summed E-state index contributed by atoms with van der Waals surface area (Å²) >= 11 is 5.07. The van der Waals surface area contributed by atoms with Gasteiger partial charge in [-0.2, -0.15) is 0 Å². The maximum absolute atomic E-state index is 5.07. The molecule has 1 aromatic rings. The third-order valence-electron chi connectivity index (χ3n) is 1.38. The fraction of sp³-hybridized carbons (Fsp3) is 0.167. The summed E-state index contributed by atoms with van der Waals surface area (Å²) in [6, 6.07) is 10.2. The molecular weight excluding hydrogens is 180 g/mol. The number of hydrogen-bond acceptors (Lipinski definition) is 0. The zero-order chi connectivity index (χ0) is 10.1. The Morgan fingerprint density at radius 1 is 1.38 bits per heavy atom. The van der Waals surface area contributed by atoms with Gasteiger partial charge in [-0.1, -0.05) is 48.6 Å². The van der Waals surface area contributed by atoms with Crippen molar-refractivity contribution in [3.8, 4) is 0 Å². The lowest BCUT2D eigenvalue weighted by Crippen LogP contribution is -1.72. The Balaban J connectivity index is 0.000000310. The van der Waals surface area contributed by atoms with Crippen LogP contribution in [-0.4, -0.2) is 5.88 Å². The minimum atomic E-state index is 0.556. The summed E-state index contributed by atoms with van der Waals surface area (Å²) in [4.78, 5) is 0. The number of rotatable bonds is 2. The smallest absolute Gasteiger partial charge is 0.0401 e. The Bertz CT molecular complexity index is 249. The van der Waals surface area contributed by atoms with E-state index in [2.05, 4.69) is 25.3 Å². The molecule has 0 nitrogen and oxygen atoms in total. The fourth-order valence-electron chi connectivity index (χ4n) is 0.723. The Labute approximate surface area is 85.6 Å². The van der Waals surface area contributed by atoms with Crippen molar-refractivity contribution in [2.45, 2.75) is 6.92 Å². The zero-order valence-corrected chi connectivity index (χ0v) is 8.72. The van der Waals surface area contributed by atoms with E-state index < -0.39 is 0 Å². The first-order valence-corrected chi connectivity index (χ1v) is 4.63. The average molecular weight is 195 g/mol. The molecule has 0 fully saturated rings. The van der Waals surface area contributed by atoms with Crippen molar-refractivity contribution < 1.29 is 0 Å². The van der Waals surface area contributed by atoms with Crippen LogP contribution >= 0.6 is 11.6 Å². The highest BCUT2D eigenvalue weighted by Gasteiger charge is 1.86. The molecule has 0 aromatic heterocycles. The van der Waals surface area contributed by atoms with E-state index >= 15 is 0 Å². The summed E-state index contributed by atoms with van der Waals surface area (Å²) in [6.45, 7) is 9.18. The van der Waals surface area contributed by atoms with Gasteiger partial charge < -0.3 is 0 Å². The second-order valence-electron chi connectivity index (χ2n) is 2.59. The van der Waals surface area contributed by atoms with Gasteiger partial charge in [-0.15, -0.1) is 18.2 Å². The molecule has 13 heavy (non-hydrogen) atoms. The molecule has 0 unspecified atom stereocenters. The van der Waals surface area contributed by atoms with Gasteiger partial charge in [0, 0.05) is 5.88 Å². The first-order chi connectivity index (χ1) is 6.22. The van der Waals surface area contributed by atoms with E-state index in [9.17, 15) is 0 Å². The maximum atomic E-state index is 5.07. The molecule has 0 amide bonds. The lowest BCUT2D eigenvalue weighted by Gasteiger charge is -1.94. The lowest BCUT2D eigenvalue weighted by atomic mass is 10.1. The maximum Gasteiger partial charge on any atom is 0.0401 e. The van der Waals surface area contributed by atoms with E-state index in [-0.39, 0.29) is 0 Å². The molecule has 0 aliphatic heterocycles. The number of hydrogen-bond donors (Lipinski definition) is 0. The van der Waals surface area contributed by atoms with Gasteiger partial charge in [0.05, 0.1) is 0 Å². The quantitative estimate of drug-likeness (QED) is 0.491. The van der Waals surface area contributed by atoms with Crippen LogP contribution < -0.4 is 0 Å². The Hall–Kier alpha value is -1.01. The summed E-state index contributed by atoms with van der Waals surface area (Å²) in [5.74, 6) is 0.556. The molecule has 0 spiro atoms. The van der Waals surface area contributed by atoms with Crippen molar-refractivity contribution in [1.29, 1.82) is 0 Å². The van der Waals surface area contributed by atoms with Crippen LogP contribution in [-0.2, 0) is 0 Å². The first-order valence-electron chi connectivity index (χ1n) is 4.10. The van der Waals surface area contributed by atoms with Crippen LogP contribution in [0, 0.1) is 0 Å². The van der Waals surface area contributed by atoms with Crippen molar-refractivity contribution in [1.82, 2.24) is 0 Å². The minimum Gasteiger partial charge on any atom is -0.122 e. The minimum absolute atomic E-state index is 0.556. The topological polar surface area (TPSA) is 0 Å². The molecule has 0 atom stereocenters. The highest BCUT2D eigenvalue weighted by molar-refractivity contribution is 6.18. The summed E-state index contributed by atoms with van der Waals surface area (Å²) in [7, 11) is 0. The second kappa shape index (κ2) is 7.63. The number of benzene rings is 1. The average Bonchev–Trinajstić information content (AvgIpc) is 2.19. The molecule has 0 bridgehead atoms. The van der Waals surface area contributed by atoms with Gasteiger partial charge in [0.2, 0.25) is 0 Å². The molecule has 0 aliphatic rings. The van der Waals surface area contributed by atoms with Crippen molar-refractivity contribution in [3.63, 3.8) is 0 Å². The molecule has 1 heteroatoms. The van der Waals surface area contributed by atoms with Gasteiger partial charge in [-0.3, -0.25) is 0 Å². The molecule has 0 radical (unpaired) electrons. The van der Waals surface area contributed by atoms with Gasteiger partial charge in [0.15, 0.2) is 0 Å². The molecule has 0 saturated carbocycles. The number of allylic oxidation sites excluding steroid dienone is 2. The van der Waals surface area contributed by atoms with Gasteiger partial charge in [-0.25, -0.2) is 0 Å². The van der Waals surface area contributed by atoms with Crippen LogP contribution in [0.3, 0.4) is 0 Å². The molecular formula is C12H15Cl. The SMILES string of the molecule is C=C(C)c1ccccc1.C=CCCl. The molecule has 0 saturated heterocycles. The summed E-state index contributed by atoms with van der Waals surface area (Å²) < 4.78 is 0.